The minimum Gasteiger partial charge on any atom is -0.352 e. The number of aromatic nitrogens is 2. The SMILES string of the molecule is CCc1ncnc(N2CCNCC2)c1F. The Bertz CT molecular complexity index is 336. The van der Waals surface area contributed by atoms with E-state index in [0.29, 0.717) is 17.9 Å². The van der Waals surface area contributed by atoms with Crippen molar-refractivity contribution in [2.24, 2.45) is 0 Å². The largest absolute Gasteiger partial charge is 0.352 e. The molecule has 0 aliphatic carbocycles. The van der Waals surface area contributed by atoms with Crippen LogP contribution in [0.4, 0.5) is 10.2 Å². The molecule has 0 bridgehead atoms. The van der Waals surface area contributed by atoms with Crippen molar-refractivity contribution in [1.82, 2.24) is 15.3 Å². The molecule has 5 heteroatoms. The lowest BCUT2D eigenvalue weighted by molar-refractivity contribution is 0.547. The fourth-order valence-electron chi connectivity index (χ4n) is 1.74. The summed E-state index contributed by atoms with van der Waals surface area (Å²) in [6.45, 7) is 5.26. The number of hydrogen-bond donors (Lipinski definition) is 1. The highest BCUT2D eigenvalue weighted by molar-refractivity contribution is 5.41. The third-order valence-corrected chi connectivity index (χ3v) is 2.59. The quantitative estimate of drug-likeness (QED) is 0.775. The van der Waals surface area contributed by atoms with Gasteiger partial charge in [0.2, 0.25) is 0 Å². The summed E-state index contributed by atoms with van der Waals surface area (Å²) in [6, 6.07) is 0. The molecule has 0 spiro atoms. The number of anilines is 1. The van der Waals surface area contributed by atoms with Crippen molar-refractivity contribution in [2.75, 3.05) is 31.1 Å². The average molecular weight is 210 g/mol. The highest BCUT2D eigenvalue weighted by Gasteiger charge is 2.17. The first-order valence-corrected chi connectivity index (χ1v) is 5.28. The molecule has 15 heavy (non-hydrogen) atoms. The Labute approximate surface area is 88.5 Å². The van der Waals surface area contributed by atoms with Gasteiger partial charge >= 0.3 is 0 Å². The Morgan fingerprint density at radius 1 is 1.40 bits per heavy atom. The van der Waals surface area contributed by atoms with Crippen LogP contribution in [-0.2, 0) is 6.42 Å². The zero-order chi connectivity index (χ0) is 10.7. The van der Waals surface area contributed by atoms with Crippen molar-refractivity contribution < 1.29 is 4.39 Å². The highest BCUT2D eigenvalue weighted by atomic mass is 19.1. The Morgan fingerprint density at radius 3 is 2.80 bits per heavy atom. The second-order valence-corrected chi connectivity index (χ2v) is 3.55. The average Bonchev–Trinajstić information content (AvgIpc) is 2.30. The molecule has 1 aliphatic heterocycles. The molecule has 82 valence electrons. The topological polar surface area (TPSA) is 41.1 Å². The molecule has 1 saturated heterocycles. The van der Waals surface area contributed by atoms with Crippen LogP contribution < -0.4 is 10.2 Å². The van der Waals surface area contributed by atoms with Crippen LogP contribution in [-0.4, -0.2) is 36.1 Å². The van der Waals surface area contributed by atoms with E-state index in [-0.39, 0.29) is 5.82 Å². The third-order valence-electron chi connectivity index (χ3n) is 2.59. The standard InChI is InChI=1S/C10H15FN4/c1-2-8-9(11)10(14-7-13-8)15-5-3-12-4-6-15/h7,12H,2-6H2,1H3. The molecule has 0 atom stereocenters. The molecule has 4 nitrogen and oxygen atoms in total. The number of nitrogens with one attached hydrogen (secondary N) is 1. The lowest BCUT2D eigenvalue weighted by Gasteiger charge is -2.28. The predicted octanol–water partition coefficient (Wildman–Crippen LogP) is 0.588. The fraction of sp³-hybridized carbons (Fsp3) is 0.600. The molecule has 0 aromatic carbocycles. The summed E-state index contributed by atoms with van der Waals surface area (Å²) >= 11 is 0. The van der Waals surface area contributed by atoms with Crippen LogP contribution in [0.3, 0.4) is 0 Å². The molecule has 1 aromatic heterocycles. The van der Waals surface area contributed by atoms with Gasteiger partial charge in [0.05, 0.1) is 5.69 Å². The predicted molar refractivity (Wildman–Crippen MR) is 56.5 cm³/mol. The van der Waals surface area contributed by atoms with Crippen LogP contribution in [0.25, 0.3) is 0 Å². The lowest BCUT2D eigenvalue weighted by Crippen LogP contribution is -2.44. The highest BCUT2D eigenvalue weighted by Crippen LogP contribution is 2.18. The Kier molecular flexibility index (Phi) is 3.11. The van der Waals surface area contributed by atoms with E-state index in [1.54, 1.807) is 0 Å². The van der Waals surface area contributed by atoms with Gasteiger partial charge in [-0.05, 0) is 6.42 Å². The molecule has 2 heterocycles. The summed E-state index contributed by atoms with van der Waals surface area (Å²) < 4.78 is 13.9. The van der Waals surface area contributed by atoms with E-state index >= 15 is 0 Å². The Morgan fingerprint density at radius 2 is 2.13 bits per heavy atom. The van der Waals surface area contributed by atoms with Gasteiger partial charge in [0.1, 0.15) is 6.33 Å². The molecule has 1 N–H and O–H groups in total. The molecule has 0 amide bonds. The minimum atomic E-state index is -0.262. The van der Waals surface area contributed by atoms with Crippen molar-refractivity contribution in [3.8, 4) is 0 Å². The van der Waals surface area contributed by atoms with Gasteiger partial charge in [-0.15, -0.1) is 0 Å². The van der Waals surface area contributed by atoms with E-state index in [0.717, 1.165) is 26.2 Å². The molecule has 1 aliphatic rings. The van der Waals surface area contributed by atoms with Gasteiger partial charge in [-0.3, -0.25) is 0 Å². The van der Waals surface area contributed by atoms with Crippen LogP contribution in [0.5, 0.6) is 0 Å². The van der Waals surface area contributed by atoms with E-state index in [1.165, 1.54) is 6.33 Å². The van der Waals surface area contributed by atoms with Gasteiger partial charge < -0.3 is 10.2 Å². The maximum Gasteiger partial charge on any atom is 0.187 e. The Hall–Kier alpha value is -1.23. The summed E-state index contributed by atoms with van der Waals surface area (Å²) in [5, 5.41) is 3.23. The monoisotopic (exact) mass is 210 g/mol. The van der Waals surface area contributed by atoms with Crippen LogP contribution in [0.15, 0.2) is 6.33 Å². The molecule has 0 radical (unpaired) electrons. The Balaban J connectivity index is 2.26. The molecule has 1 aromatic rings. The molecular formula is C10H15FN4. The van der Waals surface area contributed by atoms with E-state index < -0.39 is 0 Å². The van der Waals surface area contributed by atoms with Gasteiger partial charge in [0, 0.05) is 26.2 Å². The van der Waals surface area contributed by atoms with Crippen LogP contribution in [0, 0.1) is 5.82 Å². The second kappa shape index (κ2) is 4.53. The third kappa shape index (κ3) is 2.07. The van der Waals surface area contributed by atoms with Gasteiger partial charge in [-0.1, -0.05) is 6.92 Å². The maximum atomic E-state index is 13.9. The smallest absolute Gasteiger partial charge is 0.187 e. The van der Waals surface area contributed by atoms with Gasteiger partial charge in [0.15, 0.2) is 11.6 Å². The molecule has 1 fully saturated rings. The summed E-state index contributed by atoms with van der Waals surface area (Å²) in [4.78, 5) is 9.91. The van der Waals surface area contributed by atoms with Gasteiger partial charge in [-0.25, -0.2) is 14.4 Å². The fourth-order valence-corrected chi connectivity index (χ4v) is 1.74. The normalized spacial score (nSPS) is 16.8. The summed E-state index contributed by atoms with van der Waals surface area (Å²) in [5.41, 5.74) is 0.499. The molecule has 0 saturated carbocycles. The first-order valence-electron chi connectivity index (χ1n) is 5.28. The van der Waals surface area contributed by atoms with Crippen molar-refractivity contribution in [3.05, 3.63) is 17.8 Å². The van der Waals surface area contributed by atoms with Crippen molar-refractivity contribution in [2.45, 2.75) is 13.3 Å². The summed E-state index contributed by atoms with van der Waals surface area (Å²) in [6.07, 6.45) is 2.05. The van der Waals surface area contributed by atoms with E-state index in [4.69, 9.17) is 0 Å². The number of aryl methyl sites for hydroxylation is 1. The van der Waals surface area contributed by atoms with Crippen LogP contribution in [0.2, 0.25) is 0 Å². The lowest BCUT2D eigenvalue weighted by atomic mass is 10.2. The first-order chi connectivity index (χ1) is 7.33. The van der Waals surface area contributed by atoms with E-state index in [9.17, 15) is 4.39 Å². The number of piperazine rings is 1. The van der Waals surface area contributed by atoms with Crippen molar-refractivity contribution >= 4 is 5.82 Å². The first kappa shape index (κ1) is 10.3. The zero-order valence-electron chi connectivity index (χ0n) is 8.83. The number of halogens is 1. The summed E-state index contributed by atoms with van der Waals surface area (Å²) in [5.74, 6) is 0.185. The van der Waals surface area contributed by atoms with Gasteiger partial charge in [0.25, 0.3) is 0 Å². The van der Waals surface area contributed by atoms with E-state index in [1.807, 2.05) is 11.8 Å². The maximum absolute atomic E-state index is 13.9. The second-order valence-electron chi connectivity index (χ2n) is 3.55. The number of hydrogen-bond acceptors (Lipinski definition) is 4. The van der Waals surface area contributed by atoms with Gasteiger partial charge in [-0.2, -0.15) is 0 Å². The van der Waals surface area contributed by atoms with Crippen LogP contribution >= 0.6 is 0 Å². The van der Waals surface area contributed by atoms with E-state index in [2.05, 4.69) is 15.3 Å². The van der Waals surface area contributed by atoms with Crippen molar-refractivity contribution in [3.63, 3.8) is 0 Å². The van der Waals surface area contributed by atoms with Crippen LogP contribution in [0.1, 0.15) is 12.6 Å². The number of nitrogens with zero attached hydrogens (tertiary/aromatic N) is 3. The number of rotatable bonds is 2. The molecular weight excluding hydrogens is 195 g/mol. The van der Waals surface area contributed by atoms with Crippen molar-refractivity contribution in [1.29, 1.82) is 0 Å². The molecule has 2 rings (SSSR count). The minimum absolute atomic E-state index is 0.262. The molecule has 0 unspecified atom stereocenters. The summed E-state index contributed by atoms with van der Waals surface area (Å²) in [7, 11) is 0. The zero-order valence-corrected chi connectivity index (χ0v) is 8.83.